The number of hydrogen-bond donors (Lipinski definition) is 2. The summed E-state index contributed by atoms with van der Waals surface area (Å²) < 4.78 is 0. The Bertz CT molecular complexity index is 639. The number of phenols is 1. The summed E-state index contributed by atoms with van der Waals surface area (Å²) in [4.78, 5) is 4.22. The molecule has 0 amide bonds. The van der Waals surface area contributed by atoms with Gasteiger partial charge in [-0.25, -0.2) is 0 Å². The first kappa shape index (κ1) is 12.4. The summed E-state index contributed by atoms with van der Waals surface area (Å²) in [5.74, 6) is 2.80. The molecule has 0 bridgehead atoms. The van der Waals surface area contributed by atoms with Crippen LogP contribution in [0.25, 0.3) is 10.9 Å². The Hall–Kier alpha value is -2.05. The van der Waals surface area contributed by atoms with Gasteiger partial charge in [-0.3, -0.25) is 4.98 Å². The maximum absolute atomic E-state index is 10.0. The Morgan fingerprint density at radius 3 is 2.94 bits per heavy atom. The van der Waals surface area contributed by atoms with E-state index in [1.54, 1.807) is 6.20 Å². The first-order chi connectivity index (χ1) is 8.47. The summed E-state index contributed by atoms with van der Waals surface area (Å²) in [5.41, 5.74) is 7.89. The molecule has 1 heterocycles. The molecule has 3 heteroatoms. The van der Waals surface area contributed by atoms with Crippen molar-refractivity contribution in [2.75, 3.05) is 0 Å². The molecule has 0 saturated carbocycles. The van der Waals surface area contributed by atoms with Gasteiger partial charge in [-0.05, 0) is 37.1 Å². The van der Waals surface area contributed by atoms with Crippen LogP contribution in [0.15, 0.2) is 24.4 Å². The van der Waals surface area contributed by atoms with Gasteiger partial charge in [-0.2, -0.15) is 0 Å². The number of nitrogens with two attached hydrogens (primary N) is 1. The summed E-state index contributed by atoms with van der Waals surface area (Å²) in [6, 6.07) is 5.61. The summed E-state index contributed by atoms with van der Waals surface area (Å²) in [6.45, 7) is 3.73. The zero-order chi connectivity index (χ0) is 13.3. The minimum atomic E-state index is -0.630. The second-order valence-corrected chi connectivity index (χ2v) is 4.79. The number of pyridine rings is 1. The molecule has 2 rings (SSSR count). The van der Waals surface area contributed by atoms with Gasteiger partial charge in [0.2, 0.25) is 0 Å². The van der Waals surface area contributed by atoms with Crippen molar-refractivity contribution in [2.24, 2.45) is 5.73 Å². The highest BCUT2D eigenvalue weighted by molar-refractivity contribution is 5.89. The van der Waals surface area contributed by atoms with Crippen molar-refractivity contribution < 1.29 is 5.11 Å². The van der Waals surface area contributed by atoms with Gasteiger partial charge < -0.3 is 10.8 Å². The molecule has 1 aromatic carbocycles. The highest BCUT2D eigenvalue weighted by atomic mass is 16.3. The average Bonchev–Trinajstić information content (AvgIpc) is 2.33. The molecule has 2 aromatic rings. The van der Waals surface area contributed by atoms with Crippen LogP contribution in [-0.4, -0.2) is 10.1 Å². The smallest absolute Gasteiger partial charge is 0.144 e. The number of aryl methyl sites for hydroxylation is 1. The molecule has 0 spiro atoms. The zero-order valence-corrected chi connectivity index (χ0v) is 10.6. The topological polar surface area (TPSA) is 59.1 Å². The van der Waals surface area contributed by atoms with E-state index >= 15 is 0 Å². The van der Waals surface area contributed by atoms with E-state index in [9.17, 15) is 5.11 Å². The lowest BCUT2D eigenvalue weighted by molar-refractivity contribution is 0.473. The quantitative estimate of drug-likeness (QED) is 0.793. The van der Waals surface area contributed by atoms with Crippen LogP contribution >= 0.6 is 0 Å². The molecule has 0 aliphatic rings. The molecular formula is C15H16N2O. The highest BCUT2D eigenvalue weighted by Crippen LogP contribution is 2.35. The molecule has 1 atom stereocenters. The molecule has 0 saturated heterocycles. The van der Waals surface area contributed by atoms with Crippen LogP contribution in [0, 0.1) is 19.3 Å². The molecule has 3 N–H and O–H groups in total. The Morgan fingerprint density at radius 2 is 2.28 bits per heavy atom. The van der Waals surface area contributed by atoms with Crippen molar-refractivity contribution in [2.45, 2.75) is 25.8 Å². The number of rotatable bonds is 2. The minimum Gasteiger partial charge on any atom is -0.505 e. The van der Waals surface area contributed by atoms with Crippen LogP contribution in [-0.2, 0) is 5.54 Å². The van der Waals surface area contributed by atoms with Crippen LogP contribution in [0.2, 0.25) is 0 Å². The maximum Gasteiger partial charge on any atom is 0.144 e. The molecule has 0 fully saturated rings. The lowest BCUT2D eigenvalue weighted by Gasteiger charge is -2.25. The molecule has 0 aliphatic heterocycles. The lowest BCUT2D eigenvalue weighted by Crippen LogP contribution is -2.32. The van der Waals surface area contributed by atoms with E-state index in [2.05, 4.69) is 10.9 Å². The molecular weight excluding hydrogens is 224 g/mol. The predicted molar refractivity (Wildman–Crippen MR) is 73.1 cm³/mol. The standard InChI is InChI=1S/C15H16N2O/c1-4-7-15(3,16)12-9-10(2)14(18)13-11(12)6-5-8-17-13/h1,5-6,8-9,18H,7,16H2,2-3H3. The second-order valence-electron chi connectivity index (χ2n) is 4.79. The van der Waals surface area contributed by atoms with Gasteiger partial charge in [0.1, 0.15) is 11.3 Å². The molecule has 3 nitrogen and oxygen atoms in total. The van der Waals surface area contributed by atoms with Gasteiger partial charge in [-0.1, -0.05) is 6.07 Å². The second kappa shape index (κ2) is 4.32. The summed E-state index contributed by atoms with van der Waals surface area (Å²) in [7, 11) is 0. The molecule has 18 heavy (non-hydrogen) atoms. The fourth-order valence-electron chi connectivity index (χ4n) is 2.14. The normalized spacial score (nSPS) is 14.1. The fourth-order valence-corrected chi connectivity index (χ4v) is 2.14. The van der Waals surface area contributed by atoms with Gasteiger partial charge in [0.15, 0.2) is 0 Å². The number of nitrogens with zero attached hydrogens (tertiary/aromatic N) is 1. The van der Waals surface area contributed by atoms with Crippen molar-refractivity contribution >= 4 is 10.9 Å². The van der Waals surface area contributed by atoms with Gasteiger partial charge >= 0.3 is 0 Å². The average molecular weight is 240 g/mol. The van der Waals surface area contributed by atoms with E-state index in [1.807, 2.05) is 32.0 Å². The molecule has 92 valence electrons. The van der Waals surface area contributed by atoms with Crippen LogP contribution in [0.5, 0.6) is 5.75 Å². The summed E-state index contributed by atoms with van der Waals surface area (Å²) >= 11 is 0. The Balaban J connectivity index is 2.80. The Kier molecular flexibility index (Phi) is 2.98. The minimum absolute atomic E-state index is 0.200. The van der Waals surface area contributed by atoms with Gasteiger partial charge in [0.05, 0.1) is 0 Å². The van der Waals surface area contributed by atoms with Gasteiger partial charge in [0.25, 0.3) is 0 Å². The van der Waals surface area contributed by atoms with E-state index in [0.717, 1.165) is 16.5 Å². The third-order valence-electron chi connectivity index (χ3n) is 3.14. The number of aromatic hydroxyl groups is 1. The Morgan fingerprint density at radius 1 is 1.56 bits per heavy atom. The molecule has 0 aliphatic carbocycles. The highest BCUT2D eigenvalue weighted by Gasteiger charge is 2.24. The lowest BCUT2D eigenvalue weighted by atomic mass is 9.86. The zero-order valence-electron chi connectivity index (χ0n) is 10.6. The number of fused-ring (bicyclic) bond motifs is 1. The van der Waals surface area contributed by atoms with Crippen molar-refractivity contribution in [3.05, 3.63) is 35.5 Å². The third kappa shape index (κ3) is 1.92. The number of phenolic OH excluding ortho intramolecular Hbond substituents is 1. The van der Waals surface area contributed by atoms with Gasteiger partial charge in [0, 0.05) is 23.5 Å². The van der Waals surface area contributed by atoms with Crippen LogP contribution in [0.4, 0.5) is 0 Å². The van der Waals surface area contributed by atoms with Crippen LogP contribution in [0.3, 0.4) is 0 Å². The monoisotopic (exact) mass is 240 g/mol. The van der Waals surface area contributed by atoms with Crippen molar-refractivity contribution in [1.82, 2.24) is 4.98 Å². The Labute approximate surface area is 107 Å². The van der Waals surface area contributed by atoms with Crippen LogP contribution in [0.1, 0.15) is 24.5 Å². The van der Waals surface area contributed by atoms with E-state index in [1.165, 1.54) is 0 Å². The largest absolute Gasteiger partial charge is 0.505 e. The summed E-state index contributed by atoms with van der Waals surface area (Å²) in [5, 5.41) is 10.9. The van der Waals surface area contributed by atoms with E-state index in [-0.39, 0.29) is 5.75 Å². The number of aromatic nitrogens is 1. The number of benzene rings is 1. The van der Waals surface area contributed by atoms with Crippen LogP contribution < -0.4 is 5.73 Å². The van der Waals surface area contributed by atoms with E-state index in [4.69, 9.17) is 12.2 Å². The molecule has 0 radical (unpaired) electrons. The molecule has 1 unspecified atom stereocenters. The van der Waals surface area contributed by atoms with Crippen molar-refractivity contribution in [3.63, 3.8) is 0 Å². The maximum atomic E-state index is 10.0. The first-order valence-corrected chi connectivity index (χ1v) is 5.77. The van der Waals surface area contributed by atoms with Crippen molar-refractivity contribution in [1.29, 1.82) is 0 Å². The van der Waals surface area contributed by atoms with Crippen molar-refractivity contribution in [3.8, 4) is 18.1 Å². The van der Waals surface area contributed by atoms with Gasteiger partial charge in [-0.15, -0.1) is 12.3 Å². The van der Waals surface area contributed by atoms with E-state index < -0.39 is 5.54 Å². The molecule has 1 aromatic heterocycles. The number of terminal acetylenes is 1. The SMILES string of the molecule is C#CCC(C)(N)c1cc(C)c(O)c2ncccc12. The fraction of sp³-hybridized carbons (Fsp3) is 0.267. The third-order valence-corrected chi connectivity index (χ3v) is 3.14. The number of hydrogen-bond acceptors (Lipinski definition) is 3. The predicted octanol–water partition coefficient (Wildman–Crippen LogP) is 2.45. The summed E-state index contributed by atoms with van der Waals surface area (Å²) in [6.07, 6.45) is 7.45. The first-order valence-electron chi connectivity index (χ1n) is 5.77. The van der Waals surface area contributed by atoms with E-state index in [0.29, 0.717) is 11.9 Å².